The highest BCUT2D eigenvalue weighted by Gasteiger charge is 2.30. The Morgan fingerprint density at radius 2 is 1.86 bits per heavy atom. The summed E-state index contributed by atoms with van der Waals surface area (Å²) in [5.41, 5.74) is 0.373. The van der Waals surface area contributed by atoms with Crippen LogP contribution >= 0.6 is 0 Å². The van der Waals surface area contributed by atoms with Crippen molar-refractivity contribution in [2.24, 2.45) is 11.8 Å². The fourth-order valence-corrected chi connectivity index (χ4v) is 4.62. The van der Waals surface area contributed by atoms with Crippen LogP contribution in [0.5, 0.6) is 11.5 Å². The summed E-state index contributed by atoms with van der Waals surface area (Å²) in [6, 6.07) is 4.72. The largest absolute Gasteiger partial charge is 0.493 e. The number of aliphatic hydroxyl groups excluding tert-OH is 1. The van der Waals surface area contributed by atoms with Crippen LogP contribution in [0.3, 0.4) is 0 Å². The lowest BCUT2D eigenvalue weighted by Crippen LogP contribution is -2.51. The number of carbonyl (C=O) groups excluding carboxylic acids is 1. The van der Waals surface area contributed by atoms with Gasteiger partial charge >= 0.3 is 0 Å². The summed E-state index contributed by atoms with van der Waals surface area (Å²) in [7, 11) is 0. The van der Waals surface area contributed by atoms with Crippen LogP contribution in [0.4, 0.5) is 10.3 Å². The summed E-state index contributed by atoms with van der Waals surface area (Å²) in [6.07, 6.45) is 7.63. The van der Waals surface area contributed by atoms with E-state index in [1.807, 2.05) is 6.92 Å². The number of aromatic nitrogens is 2. The number of hydrogen-bond donors (Lipinski definition) is 1. The second-order valence-corrected chi connectivity index (χ2v) is 9.35. The molecule has 0 bridgehead atoms. The number of amides is 1. The molecule has 2 aliphatic rings. The van der Waals surface area contributed by atoms with E-state index in [9.17, 15) is 9.18 Å². The molecule has 8 nitrogen and oxygen atoms in total. The number of hydrogen-bond acceptors (Lipinski definition) is 7. The Morgan fingerprint density at radius 3 is 2.51 bits per heavy atom. The quantitative estimate of drug-likeness (QED) is 0.489. The standard InChI is InChI=1S/C26H35FN4O4/c1-2-34-23-14-28-26(29-15-23)30-9-7-19(8-10-30)4-3-11-35-22-6-5-21(24(27)13-22)12-25(33)31-16-20(17-31)18-32/h5-6,13-15,19-20,32H,2-4,7-12,16-18H2,1H3. The number of nitrogens with zero attached hydrogens (tertiary/aromatic N) is 4. The van der Waals surface area contributed by atoms with Crippen LogP contribution < -0.4 is 14.4 Å². The highest BCUT2D eigenvalue weighted by atomic mass is 19.1. The molecule has 1 N–H and O–H groups in total. The molecule has 0 spiro atoms. The van der Waals surface area contributed by atoms with Gasteiger partial charge in [0.1, 0.15) is 11.6 Å². The van der Waals surface area contributed by atoms with Gasteiger partial charge in [0.2, 0.25) is 11.9 Å². The third kappa shape index (κ3) is 6.81. The normalized spacial score (nSPS) is 16.8. The molecule has 0 aliphatic carbocycles. The molecule has 0 atom stereocenters. The maximum Gasteiger partial charge on any atom is 0.227 e. The van der Waals surface area contributed by atoms with Gasteiger partial charge in [-0.15, -0.1) is 0 Å². The van der Waals surface area contributed by atoms with Crippen molar-refractivity contribution in [3.63, 3.8) is 0 Å². The van der Waals surface area contributed by atoms with Crippen LogP contribution in [-0.2, 0) is 11.2 Å². The second-order valence-electron chi connectivity index (χ2n) is 9.35. The molecule has 2 aliphatic heterocycles. The number of rotatable bonds is 11. The Morgan fingerprint density at radius 1 is 1.11 bits per heavy atom. The third-order valence-corrected chi connectivity index (χ3v) is 6.78. The summed E-state index contributed by atoms with van der Waals surface area (Å²) < 4.78 is 25.6. The maximum atomic E-state index is 14.5. The van der Waals surface area contributed by atoms with E-state index in [1.165, 1.54) is 6.07 Å². The number of aliphatic hydroxyl groups is 1. The van der Waals surface area contributed by atoms with Crippen LogP contribution in [0.1, 0.15) is 38.2 Å². The summed E-state index contributed by atoms with van der Waals surface area (Å²) in [5.74, 6) is 2.19. The van der Waals surface area contributed by atoms with Gasteiger partial charge in [0.15, 0.2) is 5.75 Å². The summed E-state index contributed by atoms with van der Waals surface area (Å²) in [6.45, 7) is 6.13. The Kier molecular flexibility index (Phi) is 8.74. The number of ether oxygens (including phenoxy) is 2. The Labute approximate surface area is 206 Å². The first-order chi connectivity index (χ1) is 17.1. The van der Waals surface area contributed by atoms with E-state index in [-0.39, 0.29) is 24.9 Å². The number of likely N-dealkylation sites (tertiary alicyclic amines) is 1. The Hall–Kier alpha value is -2.94. The van der Waals surface area contributed by atoms with Crippen LogP contribution in [0, 0.1) is 17.7 Å². The Balaban J connectivity index is 1.13. The molecule has 0 saturated carbocycles. The predicted molar refractivity (Wildman–Crippen MR) is 130 cm³/mol. The van der Waals surface area contributed by atoms with E-state index < -0.39 is 5.82 Å². The topological polar surface area (TPSA) is 88.0 Å². The molecule has 1 aromatic carbocycles. The van der Waals surface area contributed by atoms with Gasteiger partial charge < -0.3 is 24.4 Å². The number of halogens is 1. The van der Waals surface area contributed by atoms with E-state index in [4.69, 9.17) is 14.6 Å². The zero-order valence-electron chi connectivity index (χ0n) is 20.4. The number of carbonyl (C=O) groups is 1. The van der Waals surface area contributed by atoms with Crippen molar-refractivity contribution in [1.29, 1.82) is 0 Å². The van der Waals surface area contributed by atoms with E-state index in [2.05, 4.69) is 14.9 Å². The van der Waals surface area contributed by atoms with Crippen molar-refractivity contribution in [3.8, 4) is 11.5 Å². The molecule has 1 amide bonds. The van der Waals surface area contributed by atoms with E-state index in [1.54, 1.807) is 29.4 Å². The van der Waals surface area contributed by atoms with Gasteiger partial charge in [-0.1, -0.05) is 6.07 Å². The molecule has 2 saturated heterocycles. The van der Waals surface area contributed by atoms with Gasteiger partial charge in [0.25, 0.3) is 0 Å². The van der Waals surface area contributed by atoms with E-state index in [0.717, 1.165) is 44.7 Å². The van der Waals surface area contributed by atoms with Crippen molar-refractivity contribution in [2.75, 3.05) is 50.9 Å². The van der Waals surface area contributed by atoms with Gasteiger partial charge in [0.05, 0.1) is 32.0 Å². The molecule has 1 aromatic heterocycles. The minimum Gasteiger partial charge on any atom is -0.493 e. The van der Waals surface area contributed by atoms with Crippen molar-refractivity contribution in [2.45, 2.75) is 39.0 Å². The molecule has 2 fully saturated rings. The van der Waals surface area contributed by atoms with E-state index in [0.29, 0.717) is 49.3 Å². The summed E-state index contributed by atoms with van der Waals surface area (Å²) in [5, 5.41) is 9.07. The first-order valence-corrected chi connectivity index (χ1v) is 12.5. The number of anilines is 1. The lowest BCUT2D eigenvalue weighted by Gasteiger charge is -2.38. The number of piperidine rings is 1. The van der Waals surface area contributed by atoms with Crippen molar-refractivity contribution in [3.05, 3.63) is 42.0 Å². The molecule has 0 unspecified atom stereocenters. The molecular weight excluding hydrogens is 451 g/mol. The van der Waals surface area contributed by atoms with E-state index >= 15 is 0 Å². The number of benzene rings is 1. The second kappa shape index (κ2) is 12.2. The molecular formula is C26H35FN4O4. The first-order valence-electron chi connectivity index (χ1n) is 12.5. The summed E-state index contributed by atoms with van der Waals surface area (Å²) in [4.78, 5) is 24.9. The lowest BCUT2D eigenvalue weighted by atomic mass is 9.92. The van der Waals surface area contributed by atoms with Crippen molar-refractivity contribution < 1.29 is 23.8 Å². The molecule has 0 radical (unpaired) electrons. The fourth-order valence-electron chi connectivity index (χ4n) is 4.62. The molecule has 35 heavy (non-hydrogen) atoms. The van der Waals surface area contributed by atoms with Gasteiger partial charge in [-0.25, -0.2) is 14.4 Å². The summed E-state index contributed by atoms with van der Waals surface area (Å²) >= 11 is 0. The minimum atomic E-state index is -0.418. The van der Waals surface area contributed by atoms with Crippen LogP contribution in [0.15, 0.2) is 30.6 Å². The monoisotopic (exact) mass is 486 g/mol. The zero-order chi connectivity index (χ0) is 24.6. The third-order valence-electron chi connectivity index (χ3n) is 6.78. The van der Waals surface area contributed by atoms with Gasteiger partial charge in [0, 0.05) is 44.8 Å². The highest BCUT2D eigenvalue weighted by molar-refractivity contribution is 5.79. The molecule has 2 aromatic rings. The maximum absolute atomic E-state index is 14.5. The molecule has 4 rings (SSSR count). The van der Waals surface area contributed by atoms with Crippen molar-refractivity contribution >= 4 is 11.9 Å². The average Bonchev–Trinajstić information content (AvgIpc) is 2.84. The Bertz CT molecular complexity index is 960. The first kappa shape index (κ1) is 25.2. The molecule has 9 heteroatoms. The van der Waals surface area contributed by atoms with Crippen LogP contribution in [0.2, 0.25) is 0 Å². The van der Waals surface area contributed by atoms with Crippen LogP contribution in [0.25, 0.3) is 0 Å². The van der Waals surface area contributed by atoms with Gasteiger partial charge in [-0.05, 0) is 50.2 Å². The average molecular weight is 487 g/mol. The minimum absolute atomic E-state index is 0.0324. The fraction of sp³-hybridized carbons (Fsp3) is 0.577. The van der Waals surface area contributed by atoms with Crippen molar-refractivity contribution in [1.82, 2.24) is 14.9 Å². The van der Waals surface area contributed by atoms with Gasteiger partial charge in [-0.3, -0.25) is 4.79 Å². The lowest BCUT2D eigenvalue weighted by molar-refractivity contribution is -0.137. The smallest absolute Gasteiger partial charge is 0.227 e. The van der Waals surface area contributed by atoms with Crippen LogP contribution in [-0.4, -0.2) is 71.9 Å². The SMILES string of the molecule is CCOc1cnc(N2CCC(CCCOc3ccc(CC(=O)N4CC(CO)C4)c(F)c3)CC2)nc1. The highest BCUT2D eigenvalue weighted by Crippen LogP contribution is 2.25. The zero-order valence-corrected chi connectivity index (χ0v) is 20.4. The van der Waals surface area contributed by atoms with Gasteiger partial charge in [-0.2, -0.15) is 0 Å². The molecule has 3 heterocycles. The predicted octanol–water partition coefficient (Wildman–Crippen LogP) is 3.08. The molecule has 190 valence electrons.